The number of carbonyl (C=O) groups is 1. The number of carbonyl (C=O) groups excluding carboxylic acids is 1. The molecule has 0 radical (unpaired) electrons. The Morgan fingerprint density at radius 1 is 0.805 bits per heavy atom. The molecule has 3 fully saturated rings. The number of hydrogen-bond acceptors (Lipinski definition) is 4. The molecule has 2 saturated heterocycles. The summed E-state index contributed by atoms with van der Waals surface area (Å²) in [6, 6.07) is 30.2. The lowest BCUT2D eigenvalue weighted by molar-refractivity contribution is 0.0924. The number of benzene rings is 3. The van der Waals surface area contributed by atoms with E-state index in [-0.39, 0.29) is 12.0 Å². The van der Waals surface area contributed by atoms with Crippen LogP contribution in [0.25, 0.3) is 0 Å². The molecule has 1 N–H and O–H groups in total. The molecule has 216 valence electrons. The van der Waals surface area contributed by atoms with Crippen LogP contribution in [0.5, 0.6) is 5.75 Å². The third-order valence-electron chi connectivity index (χ3n) is 9.51. The summed E-state index contributed by atoms with van der Waals surface area (Å²) in [5, 5.41) is 3.21. The minimum Gasteiger partial charge on any atom is -0.489 e. The van der Waals surface area contributed by atoms with Crippen LogP contribution in [0.15, 0.2) is 84.9 Å². The number of piperidine rings is 1. The van der Waals surface area contributed by atoms with Crippen molar-refractivity contribution in [1.29, 1.82) is 0 Å². The fraction of sp³-hybridized carbons (Fsp3) is 0.472. The van der Waals surface area contributed by atoms with Crippen molar-refractivity contribution in [3.8, 4) is 5.75 Å². The van der Waals surface area contributed by atoms with Crippen LogP contribution >= 0.6 is 0 Å². The number of ether oxygens (including phenoxy) is 1. The van der Waals surface area contributed by atoms with E-state index in [1.807, 2.05) is 24.3 Å². The Bertz CT molecular complexity index is 1200. The van der Waals surface area contributed by atoms with Crippen LogP contribution in [0.1, 0.15) is 72.3 Å². The molecule has 0 spiro atoms. The Morgan fingerprint density at radius 3 is 2.17 bits per heavy atom. The van der Waals surface area contributed by atoms with Crippen molar-refractivity contribution in [2.45, 2.75) is 63.0 Å². The molecule has 5 heteroatoms. The van der Waals surface area contributed by atoms with Gasteiger partial charge < -0.3 is 15.0 Å². The van der Waals surface area contributed by atoms with E-state index in [0.29, 0.717) is 17.4 Å². The van der Waals surface area contributed by atoms with Crippen LogP contribution in [-0.2, 0) is 0 Å². The van der Waals surface area contributed by atoms with Crippen LogP contribution in [0, 0.1) is 5.92 Å². The highest BCUT2D eigenvalue weighted by molar-refractivity contribution is 5.94. The number of amides is 1. The fourth-order valence-corrected chi connectivity index (χ4v) is 7.13. The van der Waals surface area contributed by atoms with Crippen LogP contribution < -0.4 is 10.1 Å². The highest BCUT2D eigenvalue weighted by Gasteiger charge is 2.29. The second-order valence-electron chi connectivity index (χ2n) is 12.3. The zero-order valence-corrected chi connectivity index (χ0v) is 24.3. The maximum Gasteiger partial charge on any atom is 0.251 e. The van der Waals surface area contributed by atoms with Crippen LogP contribution in [-0.4, -0.2) is 67.1 Å². The summed E-state index contributed by atoms with van der Waals surface area (Å²) in [5.41, 5.74) is 3.39. The lowest BCUT2D eigenvalue weighted by atomic mass is 9.91. The molecule has 1 aliphatic carbocycles. The quantitative estimate of drug-likeness (QED) is 0.319. The van der Waals surface area contributed by atoms with Gasteiger partial charge in [0.25, 0.3) is 5.91 Å². The molecule has 41 heavy (non-hydrogen) atoms. The van der Waals surface area contributed by atoms with E-state index in [9.17, 15) is 4.79 Å². The van der Waals surface area contributed by atoms with Crippen LogP contribution in [0.2, 0.25) is 0 Å². The van der Waals surface area contributed by atoms with Gasteiger partial charge in [-0.3, -0.25) is 9.69 Å². The molecule has 0 unspecified atom stereocenters. The lowest BCUT2D eigenvalue weighted by Crippen LogP contribution is -2.42. The highest BCUT2D eigenvalue weighted by atomic mass is 16.5. The molecule has 0 bridgehead atoms. The Hall–Kier alpha value is -3.15. The second kappa shape index (κ2) is 13.7. The van der Waals surface area contributed by atoms with Gasteiger partial charge in [0.2, 0.25) is 0 Å². The van der Waals surface area contributed by atoms with E-state index in [1.165, 1.54) is 62.7 Å². The Labute approximate surface area is 245 Å². The zero-order chi connectivity index (χ0) is 27.9. The van der Waals surface area contributed by atoms with E-state index in [4.69, 9.17) is 4.74 Å². The molecule has 5 nitrogen and oxygen atoms in total. The van der Waals surface area contributed by atoms with Crippen molar-refractivity contribution < 1.29 is 9.53 Å². The second-order valence-corrected chi connectivity index (χ2v) is 12.3. The Morgan fingerprint density at radius 2 is 1.49 bits per heavy atom. The van der Waals surface area contributed by atoms with Gasteiger partial charge in [-0.15, -0.1) is 0 Å². The van der Waals surface area contributed by atoms with Gasteiger partial charge in [0.05, 0.1) is 0 Å². The number of nitrogens with zero attached hydrogens (tertiary/aromatic N) is 2. The molecule has 1 saturated carbocycles. The topological polar surface area (TPSA) is 44.8 Å². The maximum absolute atomic E-state index is 13.0. The lowest BCUT2D eigenvalue weighted by Gasteiger charge is -2.36. The van der Waals surface area contributed by atoms with Crippen LogP contribution in [0.3, 0.4) is 0 Å². The van der Waals surface area contributed by atoms with Crippen molar-refractivity contribution >= 4 is 5.91 Å². The van der Waals surface area contributed by atoms with E-state index < -0.39 is 0 Å². The van der Waals surface area contributed by atoms with Gasteiger partial charge >= 0.3 is 0 Å². The summed E-state index contributed by atoms with van der Waals surface area (Å²) in [5.74, 6) is 1.71. The molecule has 1 atom stereocenters. The molecule has 2 aliphatic heterocycles. The average Bonchev–Trinajstić information content (AvgIpc) is 3.73. The summed E-state index contributed by atoms with van der Waals surface area (Å²) in [6.07, 6.45) is 9.04. The fourth-order valence-electron chi connectivity index (χ4n) is 7.13. The van der Waals surface area contributed by atoms with E-state index in [1.54, 1.807) is 0 Å². The third kappa shape index (κ3) is 7.38. The molecule has 1 amide bonds. The highest BCUT2D eigenvalue weighted by Crippen LogP contribution is 2.29. The van der Waals surface area contributed by atoms with Gasteiger partial charge in [-0.05, 0) is 80.4 Å². The van der Waals surface area contributed by atoms with Crippen molar-refractivity contribution in [2.24, 2.45) is 5.92 Å². The monoisotopic (exact) mass is 551 g/mol. The molecule has 3 aromatic carbocycles. The summed E-state index contributed by atoms with van der Waals surface area (Å²) >= 11 is 0. The third-order valence-corrected chi connectivity index (χ3v) is 9.51. The van der Waals surface area contributed by atoms with Gasteiger partial charge in [-0.2, -0.15) is 0 Å². The summed E-state index contributed by atoms with van der Waals surface area (Å²) < 4.78 is 6.42. The van der Waals surface area contributed by atoms with Crippen molar-refractivity contribution in [3.63, 3.8) is 0 Å². The molecule has 3 aliphatic rings. The number of likely N-dealkylation sites (tertiary alicyclic amines) is 2. The Kier molecular flexibility index (Phi) is 9.34. The first-order valence-corrected chi connectivity index (χ1v) is 15.8. The summed E-state index contributed by atoms with van der Waals surface area (Å²) in [4.78, 5) is 18.2. The van der Waals surface area contributed by atoms with E-state index in [0.717, 1.165) is 44.4 Å². The smallest absolute Gasteiger partial charge is 0.251 e. The summed E-state index contributed by atoms with van der Waals surface area (Å²) in [7, 11) is 0. The molecule has 6 rings (SSSR count). The van der Waals surface area contributed by atoms with E-state index >= 15 is 0 Å². The zero-order valence-electron chi connectivity index (χ0n) is 24.3. The first kappa shape index (κ1) is 28.0. The number of rotatable bonds is 10. The van der Waals surface area contributed by atoms with Gasteiger partial charge in [0, 0.05) is 43.7 Å². The van der Waals surface area contributed by atoms with Crippen molar-refractivity contribution in [3.05, 3.63) is 102 Å². The molecule has 2 heterocycles. The predicted molar refractivity (Wildman–Crippen MR) is 166 cm³/mol. The summed E-state index contributed by atoms with van der Waals surface area (Å²) in [6.45, 7) is 6.02. The Balaban J connectivity index is 0.988. The van der Waals surface area contributed by atoms with Crippen molar-refractivity contribution in [2.75, 3.05) is 39.3 Å². The van der Waals surface area contributed by atoms with Gasteiger partial charge in [0.1, 0.15) is 11.9 Å². The number of nitrogens with one attached hydrogen (secondary N) is 1. The predicted octanol–water partition coefficient (Wildman–Crippen LogP) is 6.36. The van der Waals surface area contributed by atoms with Gasteiger partial charge in [-0.1, -0.05) is 79.6 Å². The maximum atomic E-state index is 13.0. The minimum atomic E-state index is 0.00952. The first-order valence-electron chi connectivity index (χ1n) is 15.8. The minimum absolute atomic E-state index is 0.00952. The van der Waals surface area contributed by atoms with Crippen LogP contribution in [0.4, 0.5) is 0 Å². The standard InChI is InChI=1S/C36H45N3O2/c40-36(37-25-28-18-22-39(23-19-28)32-15-7-8-16-32)31-14-9-17-33(24-31)41-34-20-21-38(26-34)27-35(29-10-3-1-4-11-29)30-12-5-2-6-13-30/h1-6,9-14,17,24,28,32,34-35H,7-8,15-16,18-23,25-27H2,(H,37,40)/t34-/m0/s1. The largest absolute Gasteiger partial charge is 0.489 e. The van der Waals surface area contributed by atoms with Crippen molar-refractivity contribution in [1.82, 2.24) is 15.1 Å². The normalized spacial score (nSPS) is 21.0. The van der Waals surface area contributed by atoms with E-state index in [2.05, 4.69) is 75.8 Å². The van der Waals surface area contributed by atoms with Gasteiger partial charge in [0.15, 0.2) is 0 Å². The molecular formula is C36H45N3O2. The molecular weight excluding hydrogens is 506 g/mol. The average molecular weight is 552 g/mol. The van der Waals surface area contributed by atoms with Gasteiger partial charge in [-0.25, -0.2) is 0 Å². The molecule has 3 aromatic rings. The first-order chi connectivity index (χ1) is 20.2. The number of hydrogen-bond donors (Lipinski definition) is 1. The SMILES string of the molecule is O=C(NCC1CCN(C2CCCC2)CC1)c1cccc(O[C@H]2CCN(CC(c3ccccc3)c3ccccc3)C2)c1. The molecule has 0 aromatic heterocycles.